The van der Waals surface area contributed by atoms with Crippen LogP contribution in [-0.4, -0.2) is 6.29 Å². The molecule has 0 saturated heterocycles. The van der Waals surface area contributed by atoms with Gasteiger partial charge in [-0.2, -0.15) is 0 Å². The van der Waals surface area contributed by atoms with Gasteiger partial charge in [0.1, 0.15) is 6.29 Å². The minimum absolute atomic E-state index is 0.0214. The van der Waals surface area contributed by atoms with Gasteiger partial charge in [0.05, 0.1) is 0 Å². The van der Waals surface area contributed by atoms with Gasteiger partial charge in [0.25, 0.3) is 0 Å². The molecule has 0 fully saturated rings. The quantitative estimate of drug-likeness (QED) is 0.741. The topological polar surface area (TPSA) is 17.1 Å². The zero-order chi connectivity index (χ0) is 9.84. The molecule has 0 aliphatic heterocycles. The minimum Gasteiger partial charge on any atom is -0.303 e. The third-order valence-electron chi connectivity index (χ3n) is 2.12. The number of aldehydes is 1. The van der Waals surface area contributed by atoms with Crippen LogP contribution in [0.25, 0.3) is 0 Å². The average Bonchev–Trinajstić information content (AvgIpc) is 2.09. The van der Waals surface area contributed by atoms with Gasteiger partial charge in [-0.05, 0) is 23.6 Å². The summed E-state index contributed by atoms with van der Waals surface area (Å²) < 4.78 is 1.05. The lowest BCUT2D eigenvalue weighted by Crippen LogP contribution is -2.07. The van der Waals surface area contributed by atoms with Crippen LogP contribution in [0.1, 0.15) is 25.3 Å². The number of rotatable bonds is 3. The molecule has 1 unspecified atom stereocenters. The van der Waals surface area contributed by atoms with Crippen molar-refractivity contribution in [3.63, 3.8) is 0 Å². The van der Waals surface area contributed by atoms with E-state index in [0.29, 0.717) is 5.92 Å². The molecule has 0 N–H and O–H groups in total. The van der Waals surface area contributed by atoms with Gasteiger partial charge >= 0.3 is 0 Å². The Bertz CT molecular complexity index is 277. The summed E-state index contributed by atoms with van der Waals surface area (Å²) in [6, 6.07) is 7.91. The van der Waals surface area contributed by atoms with Gasteiger partial charge in [0, 0.05) is 10.4 Å². The fraction of sp³-hybridized carbons (Fsp3) is 0.364. The van der Waals surface area contributed by atoms with Gasteiger partial charge < -0.3 is 4.79 Å². The molecule has 0 aliphatic rings. The molecule has 70 valence electrons. The molecule has 2 heteroatoms. The third-order valence-corrected chi connectivity index (χ3v) is 2.65. The van der Waals surface area contributed by atoms with E-state index in [4.69, 9.17) is 0 Å². The smallest absolute Gasteiger partial charge is 0.127 e. The lowest BCUT2D eigenvalue weighted by Gasteiger charge is -2.14. The van der Waals surface area contributed by atoms with Crippen LogP contribution < -0.4 is 0 Å². The van der Waals surface area contributed by atoms with Crippen LogP contribution in [0.3, 0.4) is 0 Å². The lowest BCUT2D eigenvalue weighted by molar-refractivity contribution is -0.109. The SMILES string of the molecule is CC(C)C(C=O)c1ccc(Br)cc1. The van der Waals surface area contributed by atoms with Crippen LogP contribution in [0.4, 0.5) is 0 Å². The predicted molar refractivity (Wildman–Crippen MR) is 57.8 cm³/mol. The van der Waals surface area contributed by atoms with Crippen molar-refractivity contribution in [3.05, 3.63) is 34.3 Å². The Labute approximate surface area is 87.3 Å². The lowest BCUT2D eigenvalue weighted by atomic mass is 9.90. The van der Waals surface area contributed by atoms with Crippen LogP contribution in [0.2, 0.25) is 0 Å². The molecule has 0 aromatic heterocycles. The Balaban J connectivity index is 2.92. The molecular formula is C11H13BrO. The summed E-state index contributed by atoms with van der Waals surface area (Å²) in [7, 11) is 0. The Morgan fingerprint density at radius 3 is 2.15 bits per heavy atom. The maximum absolute atomic E-state index is 10.8. The van der Waals surface area contributed by atoms with E-state index >= 15 is 0 Å². The van der Waals surface area contributed by atoms with Crippen molar-refractivity contribution in [2.24, 2.45) is 5.92 Å². The number of hydrogen-bond donors (Lipinski definition) is 0. The summed E-state index contributed by atoms with van der Waals surface area (Å²) >= 11 is 3.37. The molecule has 0 saturated carbocycles. The van der Waals surface area contributed by atoms with Gasteiger partial charge in [0.2, 0.25) is 0 Å². The second kappa shape index (κ2) is 4.56. The second-order valence-electron chi connectivity index (χ2n) is 3.46. The molecule has 0 spiro atoms. The number of carbonyl (C=O) groups is 1. The molecule has 1 aromatic rings. The molecule has 1 nitrogen and oxygen atoms in total. The fourth-order valence-electron chi connectivity index (χ4n) is 1.31. The van der Waals surface area contributed by atoms with Gasteiger partial charge in [0.15, 0.2) is 0 Å². The molecule has 0 aliphatic carbocycles. The molecule has 1 rings (SSSR count). The fourth-order valence-corrected chi connectivity index (χ4v) is 1.57. The van der Waals surface area contributed by atoms with Crippen LogP contribution >= 0.6 is 15.9 Å². The standard InChI is InChI=1S/C11H13BrO/c1-8(2)11(7-13)9-3-5-10(12)6-4-9/h3-8,11H,1-2H3. The van der Waals surface area contributed by atoms with Crippen molar-refractivity contribution >= 4 is 22.2 Å². The molecule has 13 heavy (non-hydrogen) atoms. The van der Waals surface area contributed by atoms with Crippen molar-refractivity contribution in [1.82, 2.24) is 0 Å². The van der Waals surface area contributed by atoms with E-state index in [1.807, 2.05) is 24.3 Å². The van der Waals surface area contributed by atoms with E-state index in [9.17, 15) is 4.79 Å². The first-order chi connectivity index (χ1) is 6.15. The monoisotopic (exact) mass is 240 g/mol. The van der Waals surface area contributed by atoms with Crippen molar-refractivity contribution in [3.8, 4) is 0 Å². The number of hydrogen-bond acceptors (Lipinski definition) is 1. The van der Waals surface area contributed by atoms with E-state index in [0.717, 1.165) is 16.3 Å². The Morgan fingerprint density at radius 2 is 1.77 bits per heavy atom. The van der Waals surface area contributed by atoms with Crippen molar-refractivity contribution in [1.29, 1.82) is 0 Å². The number of carbonyl (C=O) groups excluding carboxylic acids is 1. The minimum atomic E-state index is 0.0214. The summed E-state index contributed by atoms with van der Waals surface area (Å²) in [5.74, 6) is 0.381. The highest BCUT2D eigenvalue weighted by atomic mass is 79.9. The molecular weight excluding hydrogens is 228 g/mol. The van der Waals surface area contributed by atoms with Gasteiger partial charge in [-0.15, -0.1) is 0 Å². The summed E-state index contributed by atoms with van der Waals surface area (Å²) in [4.78, 5) is 10.8. The zero-order valence-electron chi connectivity index (χ0n) is 7.83. The average molecular weight is 241 g/mol. The largest absolute Gasteiger partial charge is 0.303 e. The molecule has 1 atom stereocenters. The van der Waals surface area contributed by atoms with Gasteiger partial charge in [-0.25, -0.2) is 0 Å². The van der Waals surface area contributed by atoms with Gasteiger partial charge in [-0.1, -0.05) is 41.9 Å². The van der Waals surface area contributed by atoms with E-state index in [1.165, 1.54) is 0 Å². The Kier molecular flexibility index (Phi) is 3.67. The first-order valence-corrected chi connectivity index (χ1v) is 5.15. The zero-order valence-corrected chi connectivity index (χ0v) is 9.41. The number of benzene rings is 1. The van der Waals surface area contributed by atoms with Crippen LogP contribution in [0.5, 0.6) is 0 Å². The summed E-state index contributed by atoms with van der Waals surface area (Å²) in [5.41, 5.74) is 1.09. The molecule has 0 bridgehead atoms. The van der Waals surface area contributed by atoms with Crippen molar-refractivity contribution in [2.45, 2.75) is 19.8 Å². The first kappa shape index (κ1) is 10.5. The second-order valence-corrected chi connectivity index (χ2v) is 4.37. The summed E-state index contributed by atoms with van der Waals surface area (Å²) in [6.45, 7) is 4.11. The highest BCUT2D eigenvalue weighted by Crippen LogP contribution is 2.23. The molecule has 1 aromatic carbocycles. The van der Waals surface area contributed by atoms with E-state index in [2.05, 4.69) is 29.8 Å². The first-order valence-electron chi connectivity index (χ1n) is 4.36. The normalized spacial score (nSPS) is 12.9. The highest BCUT2D eigenvalue weighted by molar-refractivity contribution is 9.10. The predicted octanol–water partition coefficient (Wildman–Crippen LogP) is 3.39. The van der Waals surface area contributed by atoms with Gasteiger partial charge in [-0.3, -0.25) is 0 Å². The van der Waals surface area contributed by atoms with E-state index < -0.39 is 0 Å². The Hall–Kier alpha value is -0.630. The molecule has 0 radical (unpaired) electrons. The number of halogens is 1. The van der Waals surface area contributed by atoms with E-state index in [-0.39, 0.29) is 5.92 Å². The summed E-state index contributed by atoms with van der Waals surface area (Å²) in [5, 5.41) is 0. The summed E-state index contributed by atoms with van der Waals surface area (Å²) in [6.07, 6.45) is 1.02. The van der Waals surface area contributed by atoms with E-state index in [1.54, 1.807) is 0 Å². The van der Waals surface area contributed by atoms with Crippen LogP contribution in [0, 0.1) is 5.92 Å². The maximum atomic E-state index is 10.8. The highest BCUT2D eigenvalue weighted by Gasteiger charge is 2.13. The third kappa shape index (κ3) is 2.66. The maximum Gasteiger partial charge on any atom is 0.127 e. The van der Waals surface area contributed by atoms with Crippen LogP contribution in [-0.2, 0) is 4.79 Å². The Morgan fingerprint density at radius 1 is 1.23 bits per heavy atom. The molecule has 0 amide bonds. The van der Waals surface area contributed by atoms with Crippen LogP contribution in [0.15, 0.2) is 28.7 Å². The molecule has 0 heterocycles. The van der Waals surface area contributed by atoms with Crippen molar-refractivity contribution in [2.75, 3.05) is 0 Å². The van der Waals surface area contributed by atoms with Crippen molar-refractivity contribution < 1.29 is 4.79 Å².